The highest BCUT2D eigenvalue weighted by molar-refractivity contribution is 4.85. The molecule has 84 valence electrons. The van der Waals surface area contributed by atoms with Crippen molar-refractivity contribution >= 4 is 0 Å². The van der Waals surface area contributed by atoms with Crippen LogP contribution in [0.5, 0.6) is 0 Å². The van der Waals surface area contributed by atoms with Crippen molar-refractivity contribution in [3.63, 3.8) is 0 Å². The van der Waals surface area contributed by atoms with E-state index >= 15 is 0 Å². The van der Waals surface area contributed by atoms with Gasteiger partial charge in [-0.2, -0.15) is 0 Å². The van der Waals surface area contributed by atoms with E-state index in [0.29, 0.717) is 6.54 Å². The standard InChI is InChI=1S/C10H21NO3/c12-6-9(7-13)11-8-10(14)4-2-1-3-5-10/h9,11-14H,1-8H2. The highest BCUT2D eigenvalue weighted by Gasteiger charge is 2.29. The molecule has 0 aliphatic heterocycles. The smallest absolute Gasteiger partial charge is 0.0771 e. The van der Waals surface area contributed by atoms with E-state index in [1.165, 1.54) is 6.42 Å². The minimum atomic E-state index is -0.624. The number of rotatable bonds is 5. The topological polar surface area (TPSA) is 72.7 Å². The maximum Gasteiger partial charge on any atom is 0.0771 e. The first-order valence-corrected chi connectivity index (χ1v) is 5.38. The minimum Gasteiger partial charge on any atom is -0.395 e. The maximum absolute atomic E-state index is 10.1. The van der Waals surface area contributed by atoms with Gasteiger partial charge in [-0.05, 0) is 12.8 Å². The summed E-state index contributed by atoms with van der Waals surface area (Å²) in [6, 6.07) is -0.305. The van der Waals surface area contributed by atoms with Crippen molar-refractivity contribution in [3.8, 4) is 0 Å². The Morgan fingerprint density at radius 1 is 1.07 bits per heavy atom. The molecule has 1 rings (SSSR count). The summed E-state index contributed by atoms with van der Waals surface area (Å²) in [6.45, 7) is 0.290. The summed E-state index contributed by atoms with van der Waals surface area (Å²) in [5.74, 6) is 0. The van der Waals surface area contributed by atoms with Crippen LogP contribution in [0.3, 0.4) is 0 Å². The van der Waals surface area contributed by atoms with E-state index in [-0.39, 0.29) is 19.3 Å². The molecule has 0 bridgehead atoms. The largest absolute Gasteiger partial charge is 0.395 e. The Morgan fingerprint density at radius 3 is 2.14 bits per heavy atom. The lowest BCUT2D eigenvalue weighted by atomic mass is 9.85. The lowest BCUT2D eigenvalue weighted by Crippen LogP contribution is -2.47. The zero-order chi connectivity index (χ0) is 10.4. The van der Waals surface area contributed by atoms with Crippen molar-refractivity contribution in [2.24, 2.45) is 0 Å². The second-order valence-electron chi connectivity index (χ2n) is 4.23. The molecule has 0 aromatic heterocycles. The lowest BCUT2D eigenvalue weighted by molar-refractivity contribution is -0.000936. The molecule has 0 aromatic rings. The summed E-state index contributed by atoms with van der Waals surface area (Å²) in [5, 5.41) is 30.7. The van der Waals surface area contributed by atoms with Gasteiger partial charge in [0.1, 0.15) is 0 Å². The predicted octanol–water partition coefficient (Wildman–Crippen LogP) is -0.376. The van der Waals surface area contributed by atoms with Gasteiger partial charge in [0.25, 0.3) is 0 Å². The molecule has 0 radical (unpaired) electrons. The molecular weight excluding hydrogens is 182 g/mol. The molecule has 1 fully saturated rings. The third-order valence-electron chi connectivity index (χ3n) is 2.94. The van der Waals surface area contributed by atoms with Crippen LogP contribution in [-0.4, -0.2) is 46.7 Å². The van der Waals surface area contributed by atoms with Crippen LogP contribution in [0.4, 0.5) is 0 Å². The Labute approximate surface area is 85.0 Å². The van der Waals surface area contributed by atoms with Gasteiger partial charge in [-0.25, -0.2) is 0 Å². The summed E-state index contributed by atoms with van der Waals surface area (Å²) < 4.78 is 0. The SMILES string of the molecule is OCC(CO)NCC1(O)CCCCC1. The fraction of sp³-hybridized carbons (Fsp3) is 1.00. The van der Waals surface area contributed by atoms with Gasteiger partial charge in [-0.1, -0.05) is 19.3 Å². The molecule has 0 saturated heterocycles. The van der Waals surface area contributed by atoms with E-state index < -0.39 is 5.60 Å². The van der Waals surface area contributed by atoms with Crippen LogP contribution in [0.2, 0.25) is 0 Å². The Morgan fingerprint density at radius 2 is 1.64 bits per heavy atom. The molecule has 0 unspecified atom stereocenters. The van der Waals surface area contributed by atoms with Crippen LogP contribution >= 0.6 is 0 Å². The van der Waals surface area contributed by atoms with Gasteiger partial charge in [-0.3, -0.25) is 0 Å². The average Bonchev–Trinajstić information content (AvgIpc) is 2.20. The predicted molar refractivity (Wildman–Crippen MR) is 54.0 cm³/mol. The molecule has 1 aliphatic rings. The molecule has 0 heterocycles. The molecule has 0 amide bonds. The van der Waals surface area contributed by atoms with Gasteiger partial charge in [0.15, 0.2) is 0 Å². The van der Waals surface area contributed by atoms with Crippen LogP contribution in [0.25, 0.3) is 0 Å². The number of aliphatic hydroxyl groups excluding tert-OH is 2. The van der Waals surface area contributed by atoms with Gasteiger partial charge in [-0.15, -0.1) is 0 Å². The fourth-order valence-electron chi connectivity index (χ4n) is 1.91. The molecule has 4 N–H and O–H groups in total. The Hall–Kier alpha value is -0.160. The Bertz CT molecular complexity index is 153. The first kappa shape index (κ1) is 11.9. The zero-order valence-corrected chi connectivity index (χ0v) is 8.58. The summed E-state index contributed by atoms with van der Waals surface area (Å²) in [6.07, 6.45) is 4.99. The van der Waals surface area contributed by atoms with Gasteiger partial charge in [0.2, 0.25) is 0 Å². The molecule has 1 aliphatic carbocycles. The van der Waals surface area contributed by atoms with E-state index in [1.54, 1.807) is 0 Å². The van der Waals surface area contributed by atoms with Crippen molar-refractivity contribution in [2.45, 2.75) is 43.7 Å². The Balaban J connectivity index is 2.27. The number of hydrogen-bond donors (Lipinski definition) is 4. The van der Waals surface area contributed by atoms with E-state index in [4.69, 9.17) is 10.2 Å². The molecular formula is C10H21NO3. The van der Waals surface area contributed by atoms with E-state index in [9.17, 15) is 5.11 Å². The van der Waals surface area contributed by atoms with Crippen molar-refractivity contribution in [1.82, 2.24) is 5.32 Å². The third kappa shape index (κ3) is 3.53. The van der Waals surface area contributed by atoms with Crippen LogP contribution < -0.4 is 5.32 Å². The monoisotopic (exact) mass is 203 g/mol. The second-order valence-corrected chi connectivity index (χ2v) is 4.23. The summed E-state index contributed by atoms with van der Waals surface area (Å²) in [4.78, 5) is 0. The second kappa shape index (κ2) is 5.66. The first-order chi connectivity index (χ1) is 6.70. The average molecular weight is 203 g/mol. The van der Waals surface area contributed by atoms with Crippen LogP contribution in [-0.2, 0) is 0 Å². The highest BCUT2D eigenvalue weighted by atomic mass is 16.3. The fourth-order valence-corrected chi connectivity index (χ4v) is 1.91. The van der Waals surface area contributed by atoms with Crippen molar-refractivity contribution in [3.05, 3.63) is 0 Å². The number of nitrogens with one attached hydrogen (secondary N) is 1. The van der Waals surface area contributed by atoms with Gasteiger partial charge in [0.05, 0.1) is 24.9 Å². The van der Waals surface area contributed by atoms with Crippen molar-refractivity contribution < 1.29 is 15.3 Å². The molecule has 4 nitrogen and oxygen atoms in total. The molecule has 0 aromatic carbocycles. The minimum absolute atomic E-state index is 0.0907. The maximum atomic E-state index is 10.1. The van der Waals surface area contributed by atoms with Crippen LogP contribution in [0.15, 0.2) is 0 Å². The molecule has 14 heavy (non-hydrogen) atoms. The van der Waals surface area contributed by atoms with Crippen molar-refractivity contribution in [2.75, 3.05) is 19.8 Å². The summed E-state index contributed by atoms with van der Waals surface area (Å²) >= 11 is 0. The zero-order valence-electron chi connectivity index (χ0n) is 8.58. The lowest BCUT2D eigenvalue weighted by Gasteiger charge is -2.33. The molecule has 0 atom stereocenters. The van der Waals surface area contributed by atoms with Gasteiger partial charge >= 0.3 is 0 Å². The third-order valence-corrected chi connectivity index (χ3v) is 2.94. The Kier molecular flexibility index (Phi) is 4.81. The highest BCUT2D eigenvalue weighted by Crippen LogP contribution is 2.27. The number of hydrogen-bond acceptors (Lipinski definition) is 4. The van der Waals surface area contributed by atoms with E-state index in [0.717, 1.165) is 25.7 Å². The van der Waals surface area contributed by atoms with E-state index in [1.807, 2.05) is 0 Å². The number of aliphatic hydroxyl groups is 3. The molecule has 4 heteroatoms. The normalized spacial score (nSPS) is 21.4. The first-order valence-electron chi connectivity index (χ1n) is 5.38. The van der Waals surface area contributed by atoms with Crippen LogP contribution in [0.1, 0.15) is 32.1 Å². The van der Waals surface area contributed by atoms with Gasteiger partial charge < -0.3 is 20.6 Å². The molecule has 1 saturated carbocycles. The molecule has 0 spiro atoms. The summed E-state index contributed by atoms with van der Waals surface area (Å²) in [7, 11) is 0. The van der Waals surface area contributed by atoms with E-state index in [2.05, 4.69) is 5.32 Å². The quantitative estimate of drug-likeness (QED) is 0.492. The van der Waals surface area contributed by atoms with Crippen molar-refractivity contribution in [1.29, 1.82) is 0 Å². The van der Waals surface area contributed by atoms with Crippen LogP contribution in [0, 0.1) is 0 Å². The van der Waals surface area contributed by atoms with Gasteiger partial charge in [0, 0.05) is 6.54 Å². The summed E-state index contributed by atoms with van der Waals surface area (Å²) in [5.41, 5.74) is -0.624.